The van der Waals surface area contributed by atoms with Crippen LogP contribution in [0.25, 0.3) is 27.6 Å². The maximum Gasteiger partial charge on any atom is 0.366 e. The van der Waals surface area contributed by atoms with Gasteiger partial charge >= 0.3 is 5.88 Å². The summed E-state index contributed by atoms with van der Waals surface area (Å²) in [7, 11) is 1.59. The number of pyridine rings is 2. The molecule has 0 radical (unpaired) electrons. The monoisotopic (exact) mass is 490 g/mol. The topological polar surface area (TPSA) is 133 Å². The molecule has 4 N–H and O–H groups in total. The van der Waals surface area contributed by atoms with Crippen LogP contribution in [-0.2, 0) is 0 Å². The second-order valence-electron chi connectivity index (χ2n) is 8.43. The van der Waals surface area contributed by atoms with E-state index in [4.69, 9.17) is 10.5 Å². The molecule has 9 heteroatoms. The smallest absolute Gasteiger partial charge is 0.366 e. The molecule has 37 heavy (non-hydrogen) atoms. The fourth-order valence-corrected chi connectivity index (χ4v) is 4.38. The summed E-state index contributed by atoms with van der Waals surface area (Å²) in [4.78, 5) is 25.4. The number of fused-ring (bicyclic) bond motifs is 1. The number of nitrogen functional groups attached to an aromatic ring is 1. The number of methoxy groups -OCH3 is 1. The van der Waals surface area contributed by atoms with Crippen LogP contribution in [-0.4, -0.2) is 21.6 Å². The zero-order valence-corrected chi connectivity index (χ0v) is 20.3. The lowest BCUT2D eigenvalue weighted by Crippen LogP contribution is -2.26. The number of para-hydroxylation sites is 1. The quantitative estimate of drug-likeness (QED) is 0.369. The highest BCUT2D eigenvalue weighted by Gasteiger charge is 2.20. The fraction of sp³-hybridized carbons (Fsp3) is 0.107. The van der Waals surface area contributed by atoms with Crippen LogP contribution in [0.4, 0.5) is 11.8 Å². The minimum Gasteiger partial charge on any atom is -0.448 e. The molecule has 0 unspecified atom stereocenters. The number of nitriles is 1. The van der Waals surface area contributed by atoms with Crippen molar-refractivity contribution in [3.8, 4) is 28.8 Å². The number of aromatic nitrogens is 4. The number of anilines is 2. The van der Waals surface area contributed by atoms with Gasteiger partial charge in [0.15, 0.2) is 6.20 Å². The van der Waals surface area contributed by atoms with E-state index < -0.39 is 6.04 Å². The first-order chi connectivity index (χ1) is 18.0. The van der Waals surface area contributed by atoms with Gasteiger partial charge in [-0.25, -0.2) is 4.98 Å². The molecule has 0 aliphatic carbocycles. The van der Waals surface area contributed by atoms with Gasteiger partial charge in [-0.2, -0.15) is 15.2 Å². The molecule has 0 aliphatic rings. The second kappa shape index (κ2) is 9.79. The number of hydrogen-bond donors (Lipinski definition) is 2. The van der Waals surface area contributed by atoms with Crippen molar-refractivity contribution in [1.82, 2.24) is 14.5 Å². The highest BCUT2D eigenvalue weighted by Crippen LogP contribution is 2.31. The molecule has 0 saturated heterocycles. The van der Waals surface area contributed by atoms with E-state index in [0.29, 0.717) is 22.8 Å². The predicted octanol–water partition coefficient (Wildman–Crippen LogP) is 3.90. The van der Waals surface area contributed by atoms with E-state index >= 15 is 0 Å². The van der Waals surface area contributed by atoms with Crippen molar-refractivity contribution in [3.05, 3.63) is 101 Å². The number of H-pyrrole nitrogens is 1. The van der Waals surface area contributed by atoms with Crippen molar-refractivity contribution in [1.29, 1.82) is 5.26 Å². The summed E-state index contributed by atoms with van der Waals surface area (Å²) in [6.07, 6.45) is 3.16. The molecule has 3 aromatic heterocycles. The Morgan fingerprint density at radius 3 is 2.70 bits per heavy atom. The van der Waals surface area contributed by atoms with Crippen molar-refractivity contribution in [3.63, 3.8) is 0 Å². The minimum atomic E-state index is -0.409. The highest BCUT2D eigenvalue weighted by molar-refractivity contribution is 5.96. The van der Waals surface area contributed by atoms with E-state index in [1.165, 1.54) is 6.20 Å². The summed E-state index contributed by atoms with van der Waals surface area (Å²) in [6.45, 7) is 1.90. The van der Waals surface area contributed by atoms with E-state index in [9.17, 15) is 10.1 Å². The van der Waals surface area contributed by atoms with Gasteiger partial charge in [0.2, 0.25) is 5.95 Å². The van der Waals surface area contributed by atoms with Gasteiger partial charge in [0.05, 0.1) is 30.8 Å². The Kier molecular flexibility index (Phi) is 6.22. The zero-order valence-electron chi connectivity index (χ0n) is 20.3. The summed E-state index contributed by atoms with van der Waals surface area (Å²) in [5.74, 6) is 0.939. The third kappa shape index (κ3) is 4.44. The van der Waals surface area contributed by atoms with Crippen LogP contribution >= 0.6 is 0 Å². The SMILES string of the molecule is COc1cc(-c2cccc3cc([C@H](C)Nc4nc(N)ncc4C#N)n(-c4ccccc4)c(=O)c23)cc[nH+]1. The third-order valence-corrected chi connectivity index (χ3v) is 6.12. The number of ether oxygens (including phenoxy) is 1. The van der Waals surface area contributed by atoms with Crippen LogP contribution in [0.3, 0.4) is 0 Å². The number of nitrogens with one attached hydrogen (secondary N) is 2. The van der Waals surface area contributed by atoms with Crippen LogP contribution in [0.5, 0.6) is 5.88 Å². The molecule has 2 aromatic carbocycles. The van der Waals surface area contributed by atoms with Gasteiger partial charge in [-0.05, 0) is 41.6 Å². The normalized spacial score (nSPS) is 11.6. The first-order valence-electron chi connectivity index (χ1n) is 11.6. The molecule has 0 saturated carbocycles. The van der Waals surface area contributed by atoms with Crippen molar-refractivity contribution < 1.29 is 9.72 Å². The van der Waals surface area contributed by atoms with Crippen LogP contribution in [0.1, 0.15) is 24.2 Å². The lowest BCUT2D eigenvalue weighted by molar-refractivity contribution is -0.392. The van der Waals surface area contributed by atoms with Crippen molar-refractivity contribution in [2.24, 2.45) is 0 Å². The van der Waals surface area contributed by atoms with Crippen LogP contribution in [0.2, 0.25) is 0 Å². The molecule has 182 valence electrons. The van der Waals surface area contributed by atoms with Gasteiger partial charge in [-0.3, -0.25) is 9.36 Å². The van der Waals surface area contributed by atoms with Gasteiger partial charge in [0.1, 0.15) is 17.5 Å². The molecular weight excluding hydrogens is 466 g/mol. The van der Waals surface area contributed by atoms with Gasteiger partial charge in [0, 0.05) is 17.4 Å². The summed E-state index contributed by atoms with van der Waals surface area (Å²) in [5, 5.41) is 14.1. The summed E-state index contributed by atoms with van der Waals surface area (Å²) in [5.41, 5.74) is 8.92. The molecule has 0 fully saturated rings. The molecule has 0 aliphatic heterocycles. The molecule has 1 atom stereocenters. The Labute approximate surface area is 212 Å². The average molecular weight is 491 g/mol. The average Bonchev–Trinajstić information content (AvgIpc) is 2.93. The predicted molar refractivity (Wildman–Crippen MR) is 141 cm³/mol. The Balaban J connectivity index is 1.74. The van der Waals surface area contributed by atoms with E-state index in [1.807, 2.05) is 73.7 Å². The molecule has 0 bridgehead atoms. The lowest BCUT2D eigenvalue weighted by Gasteiger charge is -2.22. The first kappa shape index (κ1) is 23.5. The molecule has 0 spiro atoms. The number of rotatable bonds is 6. The largest absolute Gasteiger partial charge is 0.448 e. The minimum absolute atomic E-state index is 0.0489. The van der Waals surface area contributed by atoms with Crippen molar-refractivity contribution in [2.75, 3.05) is 18.2 Å². The summed E-state index contributed by atoms with van der Waals surface area (Å²) >= 11 is 0. The number of nitrogens with zero attached hydrogens (tertiary/aromatic N) is 4. The summed E-state index contributed by atoms with van der Waals surface area (Å²) in [6, 6.07) is 22.6. The van der Waals surface area contributed by atoms with Crippen LogP contribution in [0, 0.1) is 11.3 Å². The Morgan fingerprint density at radius 2 is 1.95 bits per heavy atom. The van der Waals surface area contributed by atoms with Gasteiger partial charge in [-0.15, -0.1) is 0 Å². The fourth-order valence-electron chi connectivity index (χ4n) is 4.38. The lowest BCUT2D eigenvalue weighted by atomic mass is 9.98. The number of nitrogens with two attached hydrogens (primary N) is 1. The van der Waals surface area contributed by atoms with Gasteiger partial charge < -0.3 is 15.8 Å². The van der Waals surface area contributed by atoms with Crippen LogP contribution < -0.4 is 26.3 Å². The number of hydrogen-bond acceptors (Lipinski definition) is 7. The van der Waals surface area contributed by atoms with E-state index in [2.05, 4.69) is 26.3 Å². The molecule has 5 aromatic rings. The van der Waals surface area contributed by atoms with Crippen LogP contribution in [0.15, 0.2) is 83.9 Å². The van der Waals surface area contributed by atoms with E-state index in [1.54, 1.807) is 17.9 Å². The third-order valence-electron chi connectivity index (χ3n) is 6.12. The second-order valence-corrected chi connectivity index (χ2v) is 8.43. The van der Waals surface area contributed by atoms with Gasteiger partial charge in [0.25, 0.3) is 5.56 Å². The highest BCUT2D eigenvalue weighted by atomic mass is 16.5. The number of benzene rings is 2. The maximum atomic E-state index is 14.2. The Morgan fingerprint density at radius 1 is 1.14 bits per heavy atom. The number of aromatic amines is 1. The maximum absolute atomic E-state index is 14.2. The van der Waals surface area contributed by atoms with Gasteiger partial charge in [-0.1, -0.05) is 36.4 Å². The molecule has 5 rings (SSSR count). The van der Waals surface area contributed by atoms with E-state index in [0.717, 1.165) is 22.2 Å². The van der Waals surface area contributed by atoms with Crippen molar-refractivity contribution in [2.45, 2.75) is 13.0 Å². The summed E-state index contributed by atoms with van der Waals surface area (Å²) < 4.78 is 7.04. The Bertz CT molecular complexity index is 1710. The zero-order chi connectivity index (χ0) is 25.9. The molecular formula is C28H24N7O2+. The molecule has 9 nitrogen and oxygen atoms in total. The first-order valence-corrected chi connectivity index (χ1v) is 11.6. The Hall–Kier alpha value is -5.23. The van der Waals surface area contributed by atoms with E-state index in [-0.39, 0.29) is 17.1 Å². The van der Waals surface area contributed by atoms with Crippen molar-refractivity contribution >= 4 is 22.5 Å². The molecule has 3 heterocycles. The molecule has 0 amide bonds. The standard InChI is InChI=1S/C28H23N7O2/c1-17(33-26-20(15-29)16-32-28(30)34-26)23-13-19-7-6-10-22(18-11-12-31-24(14-18)37-2)25(19)27(36)35(23)21-8-4-3-5-9-21/h3-14,16-17H,1-2H3,(H3,30,32,33,34)/p+1/t17-/m0/s1.